The first-order valence-electron chi connectivity index (χ1n) is 7.74. The maximum Gasteiger partial charge on any atom is 0.121 e. The number of hydrogen-bond donors (Lipinski definition) is 1. The Balaban J connectivity index is 2.07. The number of nitrogens with one attached hydrogen (secondary N) is 1. The topological polar surface area (TPSA) is 34.1 Å². The van der Waals surface area contributed by atoms with E-state index >= 15 is 0 Å². The van der Waals surface area contributed by atoms with Gasteiger partial charge in [0.15, 0.2) is 0 Å². The minimum Gasteiger partial charge on any atom is -0.489 e. The van der Waals surface area contributed by atoms with Gasteiger partial charge in [0.1, 0.15) is 11.9 Å². The van der Waals surface area contributed by atoms with Crippen LogP contribution in [0.5, 0.6) is 5.75 Å². The van der Waals surface area contributed by atoms with E-state index in [0.29, 0.717) is 0 Å². The summed E-state index contributed by atoms with van der Waals surface area (Å²) >= 11 is 0. The van der Waals surface area contributed by atoms with Gasteiger partial charge in [-0.05, 0) is 45.4 Å². The summed E-state index contributed by atoms with van der Waals surface area (Å²) in [6, 6.07) is 10.1. The van der Waals surface area contributed by atoms with Gasteiger partial charge in [0.25, 0.3) is 0 Å². The predicted octanol–water partition coefficient (Wildman–Crippen LogP) is 4.17. The number of fused-ring (bicyclic) bond motifs is 1. The van der Waals surface area contributed by atoms with Crippen LogP contribution in [0.3, 0.4) is 0 Å². The summed E-state index contributed by atoms with van der Waals surface area (Å²) in [4.78, 5) is 4.38. The van der Waals surface area contributed by atoms with Crippen LogP contribution in [0.2, 0.25) is 0 Å². The Morgan fingerprint density at radius 2 is 2.05 bits per heavy atom. The average molecular weight is 286 g/mol. The second kappa shape index (κ2) is 6.90. The van der Waals surface area contributed by atoms with Gasteiger partial charge < -0.3 is 10.1 Å². The van der Waals surface area contributed by atoms with E-state index in [4.69, 9.17) is 4.74 Å². The lowest BCUT2D eigenvalue weighted by molar-refractivity contribution is 0.175. The fourth-order valence-corrected chi connectivity index (χ4v) is 2.26. The molecule has 0 aliphatic carbocycles. The molecular formula is C18H26N2O. The van der Waals surface area contributed by atoms with Crippen LogP contribution in [0.15, 0.2) is 36.5 Å². The Labute approximate surface area is 127 Å². The van der Waals surface area contributed by atoms with Gasteiger partial charge in [0, 0.05) is 29.7 Å². The van der Waals surface area contributed by atoms with Crippen molar-refractivity contribution < 1.29 is 4.74 Å². The number of pyridine rings is 1. The van der Waals surface area contributed by atoms with E-state index in [9.17, 15) is 0 Å². The quantitative estimate of drug-likeness (QED) is 0.865. The van der Waals surface area contributed by atoms with Crippen LogP contribution in [0, 0.1) is 0 Å². The van der Waals surface area contributed by atoms with Crippen molar-refractivity contribution in [3.8, 4) is 5.75 Å². The van der Waals surface area contributed by atoms with Gasteiger partial charge in [0.05, 0.1) is 5.52 Å². The zero-order valence-electron chi connectivity index (χ0n) is 13.5. The molecule has 1 atom stereocenters. The van der Waals surface area contributed by atoms with E-state index in [1.165, 1.54) is 0 Å². The zero-order chi connectivity index (χ0) is 15.3. The summed E-state index contributed by atoms with van der Waals surface area (Å²) in [7, 11) is 0. The fourth-order valence-electron chi connectivity index (χ4n) is 2.26. The maximum atomic E-state index is 6.16. The number of aromatic nitrogens is 1. The van der Waals surface area contributed by atoms with Crippen LogP contribution >= 0.6 is 0 Å². The summed E-state index contributed by atoms with van der Waals surface area (Å²) in [6.07, 6.45) is 4.16. The molecule has 0 radical (unpaired) electrons. The molecule has 0 aliphatic rings. The van der Waals surface area contributed by atoms with E-state index in [1.54, 1.807) is 0 Å². The fraction of sp³-hybridized carbons (Fsp3) is 0.500. The molecule has 1 unspecified atom stereocenters. The molecule has 0 saturated heterocycles. The lowest BCUT2D eigenvalue weighted by Crippen LogP contribution is -2.42. The summed E-state index contributed by atoms with van der Waals surface area (Å²) < 4.78 is 6.16. The van der Waals surface area contributed by atoms with Crippen molar-refractivity contribution in [3.05, 3.63) is 36.5 Å². The lowest BCUT2D eigenvalue weighted by atomic mass is 10.1. The first kappa shape index (κ1) is 15.8. The first-order chi connectivity index (χ1) is 9.98. The van der Waals surface area contributed by atoms with E-state index in [-0.39, 0.29) is 11.6 Å². The molecule has 114 valence electrons. The molecule has 0 saturated carbocycles. The lowest BCUT2D eigenvalue weighted by Gasteiger charge is -2.26. The number of benzene rings is 1. The minimum atomic E-state index is 0.111. The molecule has 2 aromatic rings. The number of hydrogen-bond acceptors (Lipinski definition) is 3. The third-order valence-corrected chi connectivity index (χ3v) is 3.35. The van der Waals surface area contributed by atoms with Gasteiger partial charge in [-0.1, -0.05) is 19.4 Å². The third kappa shape index (κ3) is 5.01. The molecule has 21 heavy (non-hydrogen) atoms. The van der Waals surface area contributed by atoms with Gasteiger partial charge in [-0.25, -0.2) is 0 Å². The van der Waals surface area contributed by atoms with E-state index in [1.807, 2.05) is 24.4 Å². The highest BCUT2D eigenvalue weighted by Crippen LogP contribution is 2.20. The van der Waals surface area contributed by atoms with Crippen molar-refractivity contribution in [2.75, 3.05) is 6.54 Å². The summed E-state index contributed by atoms with van der Waals surface area (Å²) in [5, 5.41) is 4.67. The normalized spacial score (nSPS) is 13.3. The van der Waals surface area contributed by atoms with Crippen LogP contribution in [0.1, 0.15) is 40.5 Å². The predicted molar refractivity (Wildman–Crippen MR) is 88.8 cm³/mol. The van der Waals surface area contributed by atoms with Crippen LogP contribution in [-0.2, 0) is 0 Å². The van der Waals surface area contributed by atoms with E-state index < -0.39 is 0 Å². The molecule has 1 aromatic heterocycles. The van der Waals surface area contributed by atoms with Crippen molar-refractivity contribution in [2.45, 2.75) is 52.2 Å². The van der Waals surface area contributed by atoms with Gasteiger partial charge in [-0.15, -0.1) is 0 Å². The Kier molecular flexibility index (Phi) is 5.18. The minimum absolute atomic E-state index is 0.111. The summed E-state index contributed by atoms with van der Waals surface area (Å²) in [5.74, 6) is 0.898. The molecule has 2 rings (SSSR count). The molecular weight excluding hydrogens is 260 g/mol. The Bertz CT molecular complexity index is 575. The Morgan fingerprint density at radius 3 is 2.76 bits per heavy atom. The van der Waals surface area contributed by atoms with Crippen molar-refractivity contribution in [1.82, 2.24) is 10.3 Å². The highest BCUT2D eigenvalue weighted by molar-refractivity contribution is 5.79. The standard InChI is InChI=1S/C18H26N2O/c1-5-7-16(13-20-18(2,3)4)21-15-10-9-14-8-6-11-19-17(14)12-15/h6,8-12,16,20H,5,7,13H2,1-4H3. The number of rotatable bonds is 6. The average Bonchev–Trinajstić information content (AvgIpc) is 2.44. The van der Waals surface area contributed by atoms with E-state index in [2.05, 4.69) is 50.1 Å². The van der Waals surface area contributed by atoms with Gasteiger partial charge in [-0.2, -0.15) is 0 Å². The van der Waals surface area contributed by atoms with Crippen molar-refractivity contribution in [1.29, 1.82) is 0 Å². The highest BCUT2D eigenvalue weighted by Gasteiger charge is 2.15. The van der Waals surface area contributed by atoms with E-state index in [0.717, 1.165) is 36.0 Å². The molecule has 0 spiro atoms. The van der Waals surface area contributed by atoms with Gasteiger partial charge in [-0.3, -0.25) is 4.98 Å². The summed E-state index contributed by atoms with van der Waals surface area (Å²) in [6.45, 7) is 9.58. The molecule has 0 fully saturated rings. The van der Waals surface area contributed by atoms with Crippen LogP contribution < -0.4 is 10.1 Å². The number of nitrogens with zero attached hydrogens (tertiary/aromatic N) is 1. The molecule has 1 heterocycles. The number of ether oxygens (including phenoxy) is 1. The van der Waals surface area contributed by atoms with Crippen LogP contribution in [-0.4, -0.2) is 23.2 Å². The zero-order valence-corrected chi connectivity index (χ0v) is 13.5. The Hall–Kier alpha value is -1.61. The van der Waals surface area contributed by atoms with Crippen LogP contribution in [0.4, 0.5) is 0 Å². The molecule has 0 bridgehead atoms. The molecule has 3 heteroatoms. The first-order valence-corrected chi connectivity index (χ1v) is 7.74. The van der Waals surface area contributed by atoms with Gasteiger partial charge in [0.2, 0.25) is 0 Å². The van der Waals surface area contributed by atoms with Crippen LogP contribution in [0.25, 0.3) is 10.9 Å². The Morgan fingerprint density at radius 1 is 1.24 bits per heavy atom. The van der Waals surface area contributed by atoms with Crippen molar-refractivity contribution in [2.24, 2.45) is 0 Å². The molecule has 3 nitrogen and oxygen atoms in total. The molecule has 0 amide bonds. The second-order valence-corrected chi connectivity index (χ2v) is 6.52. The molecule has 1 N–H and O–H groups in total. The monoisotopic (exact) mass is 286 g/mol. The highest BCUT2D eigenvalue weighted by atomic mass is 16.5. The molecule has 1 aromatic carbocycles. The summed E-state index contributed by atoms with van der Waals surface area (Å²) in [5.41, 5.74) is 1.09. The smallest absolute Gasteiger partial charge is 0.121 e. The molecule has 0 aliphatic heterocycles. The van der Waals surface area contributed by atoms with Crippen molar-refractivity contribution in [3.63, 3.8) is 0 Å². The maximum absolute atomic E-state index is 6.16. The second-order valence-electron chi connectivity index (χ2n) is 6.52. The third-order valence-electron chi connectivity index (χ3n) is 3.35. The SMILES string of the molecule is CCCC(CNC(C)(C)C)Oc1ccc2cccnc2c1. The van der Waals surface area contributed by atoms with Gasteiger partial charge >= 0.3 is 0 Å². The largest absolute Gasteiger partial charge is 0.489 e. The van der Waals surface area contributed by atoms with Crippen molar-refractivity contribution >= 4 is 10.9 Å².